The number of rotatable bonds is 4. The van der Waals surface area contributed by atoms with Gasteiger partial charge in [-0.3, -0.25) is 9.78 Å². The van der Waals surface area contributed by atoms with Gasteiger partial charge in [0.1, 0.15) is 0 Å². The van der Waals surface area contributed by atoms with Crippen LogP contribution in [0.2, 0.25) is 0 Å². The molecule has 0 bridgehead atoms. The first-order valence-corrected chi connectivity index (χ1v) is 9.92. The van der Waals surface area contributed by atoms with Crippen LogP contribution in [0.1, 0.15) is 33.2 Å². The molecule has 9 nitrogen and oxygen atoms in total. The molecule has 31 heavy (non-hydrogen) atoms. The second-order valence-electron chi connectivity index (χ2n) is 7.39. The van der Waals surface area contributed by atoms with Gasteiger partial charge in [0.15, 0.2) is 5.69 Å². The summed E-state index contributed by atoms with van der Waals surface area (Å²) in [4.78, 5) is 19.6. The van der Waals surface area contributed by atoms with Crippen molar-refractivity contribution in [3.8, 4) is 11.6 Å². The normalized spacial score (nSPS) is 15.5. The van der Waals surface area contributed by atoms with Crippen LogP contribution in [0.15, 0.2) is 61.1 Å². The minimum absolute atomic E-state index is 0.103. The van der Waals surface area contributed by atoms with E-state index in [0.29, 0.717) is 24.7 Å². The lowest BCUT2D eigenvalue weighted by Gasteiger charge is -2.33. The molecule has 4 heterocycles. The number of ether oxygens (including phenoxy) is 1. The summed E-state index contributed by atoms with van der Waals surface area (Å²) in [5.41, 5.74) is 3.99. The first-order valence-electron chi connectivity index (χ1n) is 9.92. The molecule has 0 saturated carbocycles. The second-order valence-corrected chi connectivity index (χ2v) is 7.39. The van der Waals surface area contributed by atoms with Crippen LogP contribution in [0.3, 0.4) is 0 Å². The lowest BCUT2D eigenvalue weighted by Crippen LogP contribution is -2.39. The first kappa shape index (κ1) is 19.0. The second kappa shape index (κ2) is 7.67. The lowest BCUT2D eigenvalue weighted by molar-refractivity contribution is 0.0715. The number of methoxy groups -OCH3 is 1. The number of aromatic nitrogens is 6. The monoisotopic (exact) mass is 415 g/mol. The molecule has 0 aliphatic carbocycles. The fraction of sp³-hybridized carbons (Fsp3) is 0.227. The number of hydrogen-bond acceptors (Lipinski definition) is 6. The molecule has 9 heteroatoms. The standard InChI is InChI=1S/C22H21N7O2/c1-27-22(31-2)17(11-24-27)18-12-28(13-19-16(18)9-6-10-23-19)21(30)20-14-29(26-25-20)15-7-4-3-5-8-15/h3-11,14,18H,12-13H2,1-2H3. The predicted octanol–water partition coefficient (Wildman–Crippen LogP) is 2.19. The summed E-state index contributed by atoms with van der Waals surface area (Å²) in [7, 11) is 3.46. The summed E-state index contributed by atoms with van der Waals surface area (Å²) in [6.07, 6.45) is 5.20. The average Bonchev–Trinajstić information content (AvgIpc) is 3.45. The number of carbonyl (C=O) groups excluding carboxylic acids is 1. The van der Waals surface area contributed by atoms with Gasteiger partial charge in [0.05, 0.1) is 37.4 Å². The van der Waals surface area contributed by atoms with Crippen molar-refractivity contribution < 1.29 is 9.53 Å². The van der Waals surface area contributed by atoms with E-state index in [1.54, 1.807) is 40.0 Å². The van der Waals surface area contributed by atoms with E-state index >= 15 is 0 Å². The first-order chi connectivity index (χ1) is 15.2. The maximum atomic E-state index is 13.3. The maximum Gasteiger partial charge on any atom is 0.276 e. The van der Waals surface area contributed by atoms with Crippen LogP contribution in [0.25, 0.3) is 5.69 Å². The van der Waals surface area contributed by atoms with Crippen molar-refractivity contribution in [2.24, 2.45) is 7.05 Å². The van der Waals surface area contributed by atoms with E-state index < -0.39 is 0 Å². The Hall–Kier alpha value is -4.01. The summed E-state index contributed by atoms with van der Waals surface area (Å²) >= 11 is 0. The van der Waals surface area contributed by atoms with E-state index in [2.05, 4.69) is 20.4 Å². The van der Waals surface area contributed by atoms with Crippen molar-refractivity contribution in [3.63, 3.8) is 0 Å². The molecule has 1 aromatic carbocycles. The topological polar surface area (TPSA) is 91.0 Å². The molecule has 1 aliphatic rings. The minimum atomic E-state index is -0.189. The zero-order chi connectivity index (χ0) is 21.4. The molecule has 0 saturated heterocycles. The molecule has 0 radical (unpaired) electrons. The van der Waals surface area contributed by atoms with E-state index in [1.807, 2.05) is 49.5 Å². The molecule has 156 valence electrons. The quantitative estimate of drug-likeness (QED) is 0.508. The Bertz CT molecular complexity index is 1230. The van der Waals surface area contributed by atoms with Crippen LogP contribution < -0.4 is 4.74 Å². The summed E-state index contributed by atoms with van der Waals surface area (Å²) in [5, 5.41) is 12.6. The van der Waals surface area contributed by atoms with E-state index in [0.717, 1.165) is 22.5 Å². The fourth-order valence-corrected chi connectivity index (χ4v) is 4.05. The molecule has 1 atom stereocenters. The number of hydrogen-bond donors (Lipinski definition) is 0. The average molecular weight is 415 g/mol. The smallest absolute Gasteiger partial charge is 0.276 e. The van der Waals surface area contributed by atoms with Gasteiger partial charge in [-0.25, -0.2) is 9.36 Å². The number of para-hydroxylation sites is 1. The molecule has 1 aliphatic heterocycles. The molecular weight excluding hydrogens is 394 g/mol. The van der Waals surface area contributed by atoms with Gasteiger partial charge in [0.2, 0.25) is 5.88 Å². The number of aryl methyl sites for hydroxylation is 1. The summed E-state index contributed by atoms with van der Waals surface area (Å²) in [6.45, 7) is 0.879. The zero-order valence-corrected chi connectivity index (χ0v) is 17.2. The number of carbonyl (C=O) groups is 1. The highest BCUT2D eigenvalue weighted by Gasteiger charge is 2.34. The van der Waals surface area contributed by atoms with E-state index in [4.69, 9.17) is 4.74 Å². The van der Waals surface area contributed by atoms with Crippen LogP contribution in [0.4, 0.5) is 0 Å². The molecular formula is C22H21N7O2. The van der Waals surface area contributed by atoms with E-state index in [-0.39, 0.29) is 11.8 Å². The van der Waals surface area contributed by atoms with Crippen LogP contribution in [-0.2, 0) is 13.6 Å². The Kier molecular flexibility index (Phi) is 4.70. The van der Waals surface area contributed by atoms with Crippen molar-refractivity contribution in [2.75, 3.05) is 13.7 Å². The van der Waals surface area contributed by atoms with Crippen molar-refractivity contribution in [3.05, 3.63) is 83.6 Å². The predicted molar refractivity (Wildman–Crippen MR) is 112 cm³/mol. The van der Waals surface area contributed by atoms with Crippen molar-refractivity contribution >= 4 is 5.91 Å². The number of amides is 1. The van der Waals surface area contributed by atoms with Gasteiger partial charge in [-0.05, 0) is 23.8 Å². The Morgan fingerprint density at radius 3 is 2.77 bits per heavy atom. The van der Waals surface area contributed by atoms with Gasteiger partial charge >= 0.3 is 0 Å². The SMILES string of the molecule is COc1c(C2CN(C(=O)c3cn(-c4ccccc4)nn3)Cc3ncccc32)cnn1C. The van der Waals surface area contributed by atoms with Gasteiger partial charge in [0.25, 0.3) is 5.91 Å². The third kappa shape index (κ3) is 3.33. The van der Waals surface area contributed by atoms with Crippen molar-refractivity contribution in [2.45, 2.75) is 12.5 Å². The van der Waals surface area contributed by atoms with E-state index in [9.17, 15) is 4.79 Å². The molecule has 1 amide bonds. The number of fused-ring (bicyclic) bond motifs is 1. The van der Waals surface area contributed by atoms with Crippen LogP contribution >= 0.6 is 0 Å². The molecule has 0 N–H and O–H groups in total. The van der Waals surface area contributed by atoms with Crippen molar-refractivity contribution in [1.82, 2.24) is 34.7 Å². The largest absolute Gasteiger partial charge is 0.481 e. The number of pyridine rings is 1. The Balaban J connectivity index is 1.48. The molecule has 0 fully saturated rings. The zero-order valence-electron chi connectivity index (χ0n) is 17.2. The summed E-state index contributed by atoms with van der Waals surface area (Å²) < 4.78 is 8.86. The number of nitrogens with zero attached hydrogens (tertiary/aromatic N) is 7. The van der Waals surface area contributed by atoms with E-state index in [1.165, 1.54) is 0 Å². The van der Waals surface area contributed by atoms with Gasteiger partial charge in [-0.2, -0.15) is 5.10 Å². The van der Waals surface area contributed by atoms with Gasteiger partial charge in [0, 0.05) is 31.3 Å². The summed E-state index contributed by atoms with van der Waals surface area (Å²) in [6, 6.07) is 13.5. The van der Waals surface area contributed by atoms with Crippen molar-refractivity contribution in [1.29, 1.82) is 0 Å². The molecule has 3 aromatic heterocycles. The number of benzene rings is 1. The molecule has 0 spiro atoms. The fourth-order valence-electron chi connectivity index (χ4n) is 4.05. The Morgan fingerprint density at radius 1 is 1.13 bits per heavy atom. The van der Waals surface area contributed by atoms with Crippen LogP contribution in [0, 0.1) is 0 Å². The lowest BCUT2D eigenvalue weighted by atomic mass is 9.88. The molecule has 4 aromatic rings. The molecule has 5 rings (SSSR count). The van der Waals surface area contributed by atoms with Gasteiger partial charge in [-0.15, -0.1) is 5.10 Å². The Labute approximate surface area is 178 Å². The maximum absolute atomic E-state index is 13.3. The third-order valence-electron chi connectivity index (χ3n) is 5.54. The van der Waals surface area contributed by atoms with Gasteiger partial charge in [-0.1, -0.05) is 29.5 Å². The molecule has 1 unspecified atom stereocenters. The highest BCUT2D eigenvalue weighted by atomic mass is 16.5. The summed E-state index contributed by atoms with van der Waals surface area (Å²) in [5.74, 6) is 0.379. The van der Waals surface area contributed by atoms with Crippen LogP contribution in [-0.4, -0.2) is 54.2 Å². The third-order valence-corrected chi connectivity index (χ3v) is 5.54. The highest BCUT2D eigenvalue weighted by Crippen LogP contribution is 2.37. The minimum Gasteiger partial charge on any atom is -0.481 e. The van der Waals surface area contributed by atoms with Gasteiger partial charge < -0.3 is 9.64 Å². The van der Waals surface area contributed by atoms with Crippen LogP contribution in [0.5, 0.6) is 5.88 Å². The highest BCUT2D eigenvalue weighted by molar-refractivity contribution is 5.92. The Morgan fingerprint density at radius 2 is 1.97 bits per heavy atom.